The number of halogens is 1. The van der Waals surface area contributed by atoms with E-state index in [0.717, 1.165) is 6.42 Å². The first-order valence-corrected chi connectivity index (χ1v) is 8.55. The van der Waals surface area contributed by atoms with Crippen molar-refractivity contribution in [1.29, 1.82) is 0 Å². The Labute approximate surface area is 149 Å². The molecule has 0 aliphatic heterocycles. The first-order chi connectivity index (χ1) is 11.4. The summed E-state index contributed by atoms with van der Waals surface area (Å²) in [5.74, 6) is 0.538. The molecule has 0 saturated heterocycles. The van der Waals surface area contributed by atoms with E-state index in [1.165, 1.54) is 5.56 Å². The van der Waals surface area contributed by atoms with E-state index in [-0.39, 0.29) is 11.4 Å². The molecule has 0 unspecified atom stereocenters. The van der Waals surface area contributed by atoms with Crippen LogP contribution in [0.4, 0.5) is 0 Å². The predicted octanol–water partition coefficient (Wildman–Crippen LogP) is 4.63. The van der Waals surface area contributed by atoms with Gasteiger partial charge in [-0.1, -0.05) is 48.9 Å². The lowest BCUT2D eigenvalue weighted by atomic mass is 9.94. The Balaban J connectivity index is 1.98. The first-order valence-electron chi connectivity index (χ1n) is 8.18. The summed E-state index contributed by atoms with van der Waals surface area (Å²) in [5, 5.41) is 3.74. The summed E-state index contributed by atoms with van der Waals surface area (Å²) in [6.45, 7) is 5.98. The Hall–Kier alpha value is -2.00. The van der Waals surface area contributed by atoms with E-state index < -0.39 is 6.10 Å². The molecule has 3 nitrogen and oxygen atoms in total. The molecule has 4 heteroatoms. The van der Waals surface area contributed by atoms with Crippen LogP contribution in [0, 0.1) is 0 Å². The maximum absolute atomic E-state index is 12.6. The van der Waals surface area contributed by atoms with E-state index in [0.29, 0.717) is 17.2 Å². The van der Waals surface area contributed by atoms with Gasteiger partial charge in [-0.25, -0.2) is 0 Å². The highest BCUT2D eigenvalue weighted by atomic mass is 35.5. The molecule has 2 aromatic rings. The third-order valence-corrected chi connectivity index (χ3v) is 3.96. The zero-order chi connectivity index (χ0) is 17.6. The molecule has 1 atom stereocenters. The van der Waals surface area contributed by atoms with Gasteiger partial charge in [0.05, 0.1) is 0 Å². The zero-order valence-corrected chi connectivity index (χ0v) is 15.1. The number of rotatable bonds is 7. The Morgan fingerprint density at radius 2 is 1.75 bits per heavy atom. The standard InChI is InChI=1S/C20H24ClNO2/c1-4-18(24-17-12-10-16(21)11-13-17)19(23)22-20(2,3)14-15-8-6-5-7-9-15/h5-13,18H,4,14H2,1-3H3,(H,22,23)/t18-/m1/s1. The van der Waals surface area contributed by atoms with Crippen molar-refractivity contribution in [3.63, 3.8) is 0 Å². The molecule has 0 radical (unpaired) electrons. The molecule has 0 aliphatic rings. The summed E-state index contributed by atoms with van der Waals surface area (Å²) in [4.78, 5) is 12.6. The van der Waals surface area contributed by atoms with Crippen LogP contribution in [0.2, 0.25) is 5.02 Å². The van der Waals surface area contributed by atoms with E-state index in [1.807, 2.05) is 39.0 Å². The molecule has 0 heterocycles. The molecule has 0 aliphatic carbocycles. The molecule has 0 aromatic heterocycles. The number of hydrogen-bond acceptors (Lipinski definition) is 2. The summed E-state index contributed by atoms with van der Waals surface area (Å²) < 4.78 is 5.81. The van der Waals surface area contributed by atoms with Gasteiger partial charge < -0.3 is 10.1 Å². The monoisotopic (exact) mass is 345 g/mol. The van der Waals surface area contributed by atoms with Crippen LogP contribution in [0.3, 0.4) is 0 Å². The van der Waals surface area contributed by atoms with E-state index >= 15 is 0 Å². The Kier molecular flexibility index (Phi) is 6.27. The first kappa shape index (κ1) is 18.3. The second-order valence-corrected chi connectivity index (χ2v) is 6.94. The Morgan fingerprint density at radius 3 is 2.33 bits per heavy atom. The highest BCUT2D eigenvalue weighted by Gasteiger charge is 2.26. The lowest BCUT2D eigenvalue weighted by molar-refractivity contribution is -0.129. The smallest absolute Gasteiger partial charge is 0.261 e. The lowest BCUT2D eigenvalue weighted by Gasteiger charge is -2.29. The molecule has 0 bridgehead atoms. The van der Waals surface area contributed by atoms with Crippen molar-refractivity contribution < 1.29 is 9.53 Å². The fourth-order valence-corrected chi connectivity index (χ4v) is 2.69. The van der Waals surface area contributed by atoms with E-state index in [2.05, 4.69) is 17.4 Å². The number of carbonyl (C=O) groups excluding carboxylic acids is 1. The van der Waals surface area contributed by atoms with Gasteiger partial charge in [-0.2, -0.15) is 0 Å². The quantitative estimate of drug-likeness (QED) is 0.794. The summed E-state index contributed by atoms with van der Waals surface area (Å²) in [6.07, 6.45) is 0.827. The minimum Gasteiger partial charge on any atom is -0.481 e. The van der Waals surface area contributed by atoms with Crippen LogP contribution in [0.5, 0.6) is 5.75 Å². The zero-order valence-electron chi connectivity index (χ0n) is 14.4. The van der Waals surface area contributed by atoms with Crippen molar-refractivity contribution in [3.8, 4) is 5.75 Å². The molecule has 0 saturated carbocycles. The number of ether oxygens (including phenoxy) is 1. The van der Waals surface area contributed by atoms with Gasteiger partial charge in [0.25, 0.3) is 5.91 Å². The SMILES string of the molecule is CC[C@@H](Oc1ccc(Cl)cc1)C(=O)NC(C)(C)Cc1ccccc1. The number of amides is 1. The van der Waals surface area contributed by atoms with Crippen LogP contribution in [0.15, 0.2) is 54.6 Å². The molecule has 0 spiro atoms. The van der Waals surface area contributed by atoms with Crippen LogP contribution < -0.4 is 10.1 Å². The van der Waals surface area contributed by atoms with Gasteiger partial charge in [0.2, 0.25) is 0 Å². The third-order valence-electron chi connectivity index (χ3n) is 3.71. The predicted molar refractivity (Wildman–Crippen MR) is 98.5 cm³/mol. The maximum Gasteiger partial charge on any atom is 0.261 e. The average molecular weight is 346 g/mol. The van der Waals surface area contributed by atoms with Crippen molar-refractivity contribution in [2.75, 3.05) is 0 Å². The minimum absolute atomic E-state index is 0.103. The largest absolute Gasteiger partial charge is 0.481 e. The topological polar surface area (TPSA) is 38.3 Å². The van der Waals surface area contributed by atoms with E-state index in [1.54, 1.807) is 24.3 Å². The lowest BCUT2D eigenvalue weighted by Crippen LogP contribution is -2.50. The molecule has 2 rings (SSSR count). The van der Waals surface area contributed by atoms with Gasteiger partial charge >= 0.3 is 0 Å². The summed E-state index contributed by atoms with van der Waals surface area (Å²) in [6, 6.07) is 17.2. The van der Waals surface area contributed by atoms with Gasteiger partial charge in [-0.15, -0.1) is 0 Å². The number of hydrogen-bond donors (Lipinski definition) is 1. The molecule has 1 N–H and O–H groups in total. The van der Waals surface area contributed by atoms with Gasteiger partial charge in [-0.05, 0) is 56.5 Å². The second kappa shape index (κ2) is 8.20. The van der Waals surface area contributed by atoms with Crippen molar-refractivity contribution in [1.82, 2.24) is 5.32 Å². The molecule has 24 heavy (non-hydrogen) atoms. The maximum atomic E-state index is 12.6. The molecular formula is C20H24ClNO2. The number of benzene rings is 2. The molecule has 1 amide bonds. The van der Waals surface area contributed by atoms with E-state index in [4.69, 9.17) is 16.3 Å². The highest BCUT2D eigenvalue weighted by molar-refractivity contribution is 6.30. The molecular weight excluding hydrogens is 322 g/mol. The van der Waals surface area contributed by atoms with Crippen molar-refractivity contribution in [2.45, 2.75) is 45.3 Å². The molecule has 2 aromatic carbocycles. The number of carbonyl (C=O) groups is 1. The fraction of sp³-hybridized carbons (Fsp3) is 0.350. The normalized spacial score (nSPS) is 12.5. The summed E-state index contributed by atoms with van der Waals surface area (Å²) in [7, 11) is 0. The van der Waals surface area contributed by atoms with E-state index in [9.17, 15) is 4.79 Å². The summed E-state index contributed by atoms with van der Waals surface area (Å²) in [5.41, 5.74) is 0.837. The van der Waals surface area contributed by atoms with Crippen LogP contribution in [-0.2, 0) is 11.2 Å². The van der Waals surface area contributed by atoms with Crippen molar-refractivity contribution in [2.24, 2.45) is 0 Å². The van der Waals surface area contributed by atoms with Crippen LogP contribution in [0.1, 0.15) is 32.8 Å². The third kappa shape index (κ3) is 5.57. The van der Waals surface area contributed by atoms with Gasteiger partial charge in [-0.3, -0.25) is 4.79 Å². The summed E-state index contributed by atoms with van der Waals surface area (Å²) >= 11 is 5.87. The van der Waals surface area contributed by atoms with Crippen LogP contribution in [-0.4, -0.2) is 17.6 Å². The Bertz CT molecular complexity index is 653. The van der Waals surface area contributed by atoms with Gasteiger partial charge in [0.15, 0.2) is 6.10 Å². The molecule has 128 valence electrons. The average Bonchev–Trinajstić information content (AvgIpc) is 2.54. The minimum atomic E-state index is -0.527. The molecule has 0 fully saturated rings. The highest BCUT2D eigenvalue weighted by Crippen LogP contribution is 2.19. The van der Waals surface area contributed by atoms with Crippen molar-refractivity contribution in [3.05, 3.63) is 65.2 Å². The van der Waals surface area contributed by atoms with Crippen LogP contribution >= 0.6 is 11.6 Å². The number of nitrogens with one attached hydrogen (secondary N) is 1. The van der Waals surface area contributed by atoms with Crippen LogP contribution in [0.25, 0.3) is 0 Å². The Morgan fingerprint density at radius 1 is 1.12 bits per heavy atom. The van der Waals surface area contributed by atoms with Gasteiger partial charge in [0, 0.05) is 10.6 Å². The van der Waals surface area contributed by atoms with Crippen molar-refractivity contribution >= 4 is 17.5 Å². The fourth-order valence-electron chi connectivity index (χ4n) is 2.56. The second-order valence-electron chi connectivity index (χ2n) is 6.50. The van der Waals surface area contributed by atoms with Gasteiger partial charge in [0.1, 0.15) is 5.75 Å².